The second-order valence-electron chi connectivity index (χ2n) is 3.19. The number of hydrogen-bond donors (Lipinski definition) is 0. The van der Waals surface area contributed by atoms with Crippen LogP contribution in [0.3, 0.4) is 0 Å². The van der Waals surface area contributed by atoms with Gasteiger partial charge in [-0.15, -0.1) is 11.8 Å². The maximum atomic E-state index is 5.58. The Balaban J connectivity index is 2.25. The van der Waals surface area contributed by atoms with Crippen molar-refractivity contribution in [2.45, 2.75) is 5.44 Å². The zero-order valence-electron chi connectivity index (χ0n) is 8.86. The van der Waals surface area contributed by atoms with Crippen molar-refractivity contribution < 1.29 is 14.2 Å². The summed E-state index contributed by atoms with van der Waals surface area (Å²) in [6, 6.07) is 5.91. The lowest BCUT2D eigenvalue weighted by Gasteiger charge is -2.12. The van der Waals surface area contributed by atoms with Gasteiger partial charge in [-0.25, -0.2) is 0 Å². The first-order valence-electron chi connectivity index (χ1n) is 4.80. The van der Waals surface area contributed by atoms with Crippen molar-refractivity contribution in [2.75, 3.05) is 26.6 Å². The predicted octanol–water partition coefficient (Wildman–Crippen LogP) is 2.47. The van der Waals surface area contributed by atoms with Crippen LogP contribution in [0.25, 0.3) is 0 Å². The quantitative estimate of drug-likeness (QED) is 0.791. The zero-order chi connectivity index (χ0) is 10.7. The third-order valence-corrected chi connectivity index (χ3v) is 3.41. The number of hydrogen-bond acceptors (Lipinski definition) is 4. The molecule has 0 aliphatic carbocycles. The Hall–Kier alpha value is -0.870. The molecule has 0 spiro atoms. The largest absolute Gasteiger partial charge is 0.493 e. The van der Waals surface area contributed by atoms with Crippen LogP contribution in [0, 0.1) is 0 Å². The molecule has 82 valence electrons. The van der Waals surface area contributed by atoms with Crippen molar-refractivity contribution in [2.24, 2.45) is 0 Å². The van der Waals surface area contributed by atoms with E-state index < -0.39 is 0 Å². The highest BCUT2D eigenvalue weighted by atomic mass is 32.2. The third-order valence-electron chi connectivity index (χ3n) is 2.30. The molecule has 1 unspecified atom stereocenters. The first kappa shape index (κ1) is 10.6. The lowest BCUT2D eigenvalue weighted by Crippen LogP contribution is -1.96. The van der Waals surface area contributed by atoms with E-state index in [0.717, 1.165) is 29.4 Å². The molecule has 1 aliphatic rings. The lowest BCUT2D eigenvalue weighted by molar-refractivity contribution is 0.144. The van der Waals surface area contributed by atoms with Crippen LogP contribution in [-0.4, -0.2) is 26.6 Å². The Morgan fingerprint density at radius 2 is 2.07 bits per heavy atom. The van der Waals surface area contributed by atoms with E-state index in [4.69, 9.17) is 14.2 Å². The molecular weight excluding hydrogens is 212 g/mol. The Kier molecular flexibility index (Phi) is 3.38. The van der Waals surface area contributed by atoms with Crippen LogP contribution < -0.4 is 9.47 Å². The van der Waals surface area contributed by atoms with Crippen LogP contribution in [0.5, 0.6) is 11.5 Å². The number of methoxy groups -OCH3 is 2. The monoisotopic (exact) mass is 226 g/mol. The zero-order valence-corrected chi connectivity index (χ0v) is 9.67. The Labute approximate surface area is 93.7 Å². The minimum atomic E-state index is 0.143. The summed E-state index contributed by atoms with van der Waals surface area (Å²) in [6.45, 7) is 0.823. The highest BCUT2D eigenvalue weighted by Gasteiger charge is 2.19. The van der Waals surface area contributed by atoms with Gasteiger partial charge in [-0.05, 0) is 17.7 Å². The van der Waals surface area contributed by atoms with Gasteiger partial charge in [0.15, 0.2) is 11.5 Å². The highest BCUT2D eigenvalue weighted by Crippen LogP contribution is 2.38. The molecule has 1 fully saturated rings. The summed E-state index contributed by atoms with van der Waals surface area (Å²) >= 11 is 1.81. The van der Waals surface area contributed by atoms with Gasteiger partial charge in [0.1, 0.15) is 5.44 Å². The molecule has 0 bridgehead atoms. The lowest BCUT2D eigenvalue weighted by atomic mass is 10.2. The number of thioether (sulfide) groups is 1. The molecule has 0 aromatic heterocycles. The Bertz CT molecular complexity index is 335. The molecule has 0 N–H and O–H groups in total. The van der Waals surface area contributed by atoms with Gasteiger partial charge < -0.3 is 14.2 Å². The van der Waals surface area contributed by atoms with Crippen molar-refractivity contribution in [1.82, 2.24) is 0 Å². The van der Waals surface area contributed by atoms with Crippen molar-refractivity contribution in [3.05, 3.63) is 23.8 Å². The van der Waals surface area contributed by atoms with Gasteiger partial charge in [0.05, 0.1) is 20.8 Å². The fraction of sp³-hybridized carbons (Fsp3) is 0.455. The average molecular weight is 226 g/mol. The second kappa shape index (κ2) is 4.77. The van der Waals surface area contributed by atoms with Crippen LogP contribution in [0.4, 0.5) is 0 Å². The Morgan fingerprint density at radius 1 is 1.27 bits per heavy atom. The topological polar surface area (TPSA) is 27.7 Å². The number of benzene rings is 1. The summed E-state index contributed by atoms with van der Waals surface area (Å²) in [7, 11) is 3.28. The number of rotatable bonds is 3. The van der Waals surface area contributed by atoms with Crippen LogP contribution >= 0.6 is 11.8 Å². The van der Waals surface area contributed by atoms with Crippen molar-refractivity contribution in [3.63, 3.8) is 0 Å². The SMILES string of the molecule is COc1ccc(C2OCCS2)cc1OC. The fourth-order valence-corrected chi connectivity index (χ4v) is 2.49. The predicted molar refractivity (Wildman–Crippen MR) is 60.7 cm³/mol. The maximum absolute atomic E-state index is 5.58. The fourth-order valence-electron chi connectivity index (χ4n) is 1.55. The maximum Gasteiger partial charge on any atom is 0.161 e. The molecule has 15 heavy (non-hydrogen) atoms. The van der Waals surface area contributed by atoms with Crippen molar-refractivity contribution in [1.29, 1.82) is 0 Å². The molecular formula is C11H14O3S. The molecule has 1 aliphatic heterocycles. The van der Waals surface area contributed by atoms with Gasteiger partial charge in [0.2, 0.25) is 0 Å². The van der Waals surface area contributed by atoms with E-state index >= 15 is 0 Å². The standard InChI is InChI=1S/C11H14O3S/c1-12-9-4-3-8(7-10(9)13-2)11-14-5-6-15-11/h3-4,7,11H,5-6H2,1-2H3. The third kappa shape index (κ3) is 2.21. The Morgan fingerprint density at radius 3 is 2.67 bits per heavy atom. The second-order valence-corrected chi connectivity index (χ2v) is 4.36. The van der Waals surface area contributed by atoms with E-state index in [9.17, 15) is 0 Å². The van der Waals surface area contributed by atoms with E-state index in [0.29, 0.717) is 0 Å². The molecule has 0 amide bonds. The highest BCUT2D eigenvalue weighted by molar-refractivity contribution is 7.99. The van der Waals surface area contributed by atoms with Crippen LogP contribution in [-0.2, 0) is 4.74 Å². The normalized spacial score (nSPS) is 20.3. The summed E-state index contributed by atoms with van der Waals surface area (Å²) in [5.41, 5.74) is 1.28. The molecule has 1 aromatic carbocycles. The van der Waals surface area contributed by atoms with E-state index in [-0.39, 0.29) is 5.44 Å². The van der Waals surface area contributed by atoms with E-state index in [1.54, 1.807) is 14.2 Å². The molecule has 0 radical (unpaired) electrons. The van der Waals surface area contributed by atoms with Gasteiger partial charge in [0.25, 0.3) is 0 Å². The smallest absolute Gasteiger partial charge is 0.161 e. The summed E-state index contributed by atoms with van der Waals surface area (Å²) in [5.74, 6) is 2.56. The van der Waals surface area contributed by atoms with Crippen molar-refractivity contribution >= 4 is 11.8 Å². The molecule has 1 heterocycles. The minimum absolute atomic E-state index is 0.143. The van der Waals surface area contributed by atoms with Crippen LogP contribution in [0.2, 0.25) is 0 Å². The van der Waals surface area contributed by atoms with E-state index in [1.165, 1.54) is 0 Å². The summed E-state index contributed by atoms with van der Waals surface area (Å²) in [6.07, 6.45) is 0. The molecule has 1 saturated heterocycles. The van der Waals surface area contributed by atoms with Gasteiger partial charge in [-0.3, -0.25) is 0 Å². The molecule has 4 heteroatoms. The molecule has 1 atom stereocenters. The first-order chi connectivity index (χ1) is 7.35. The first-order valence-corrected chi connectivity index (χ1v) is 5.85. The summed E-state index contributed by atoms with van der Waals surface area (Å²) < 4.78 is 16.0. The van der Waals surface area contributed by atoms with E-state index in [1.807, 2.05) is 30.0 Å². The molecule has 1 aromatic rings. The van der Waals surface area contributed by atoms with Gasteiger partial charge in [0, 0.05) is 5.75 Å². The van der Waals surface area contributed by atoms with Crippen molar-refractivity contribution in [3.8, 4) is 11.5 Å². The van der Waals surface area contributed by atoms with Gasteiger partial charge >= 0.3 is 0 Å². The van der Waals surface area contributed by atoms with Crippen LogP contribution in [0.15, 0.2) is 18.2 Å². The summed E-state index contributed by atoms with van der Waals surface area (Å²) in [5, 5.41) is 0. The molecule has 2 rings (SSSR count). The van der Waals surface area contributed by atoms with Gasteiger partial charge in [-0.2, -0.15) is 0 Å². The molecule has 0 saturated carbocycles. The van der Waals surface area contributed by atoms with Gasteiger partial charge in [-0.1, -0.05) is 6.07 Å². The van der Waals surface area contributed by atoms with Crippen LogP contribution in [0.1, 0.15) is 11.0 Å². The molecule has 3 nitrogen and oxygen atoms in total. The number of ether oxygens (including phenoxy) is 3. The van der Waals surface area contributed by atoms with E-state index in [2.05, 4.69) is 0 Å². The summed E-state index contributed by atoms with van der Waals surface area (Å²) in [4.78, 5) is 0. The average Bonchev–Trinajstić information content (AvgIpc) is 2.81. The minimum Gasteiger partial charge on any atom is -0.493 e.